The van der Waals surface area contributed by atoms with Crippen LogP contribution < -0.4 is 9.80 Å². The van der Waals surface area contributed by atoms with Crippen LogP contribution in [0.5, 0.6) is 0 Å². The number of aliphatic hydroxyl groups is 1. The van der Waals surface area contributed by atoms with Crippen molar-refractivity contribution in [3.8, 4) is 23.5 Å². The molecule has 4 heterocycles. The fraction of sp³-hybridized carbons (Fsp3) is 0.0133. The molecule has 0 unspecified atom stereocenters. The number of aromatic nitrogens is 2. The second-order valence-corrected chi connectivity index (χ2v) is 22.9. The van der Waals surface area contributed by atoms with Crippen LogP contribution >= 0.6 is 22.7 Å². The maximum absolute atomic E-state index is 9.77. The van der Waals surface area contributed by atoms with Crippen molar-refractivity contribution < 1.29 is 5.11 Å². The first-order valence-corrected chi connectivity index (χ1v) is 29.4. The molecule has 0 saturated carbocycles. The van der Waals surface area contributed by atoms with Gasteiger partial charge in [-0.15, -0.1) is 22.7 Å². The molecule has 0 saturated heterocycles. The third kappa shape index (κ3) is 8.50. The first kappa shape index (κ1) is 50.2. The lowest BCUT2D eigenvalue weighted by molar-refractivity contribution is 0.282. The van der Waals surface area contributed by atoms with Crippen molar-refractivity contribution in [1.82, 2.24) is 9.13 Å². The summed E-state index contributed by atoms with van der Waals surface area (Å²) >= 11 is 3.66. The van der Waals surface area contributed by atoms with Gasteiger partial charge in [0.25, 0.3) is 0 Å². The van der Waals surface area contributed by atoms with Gasteiger partial charge in [-0.25, -0.2) is 0 Å². The maximum atomic E-state index is 9.77. The van der Waals surface area contributed by atoms with Crippen LogP contribution in [-0.2, 0) is 6.61 Å². The van der Waals surface area contributed by atoms with E-state index in [1.807, 2.05) is 83.3 Å². The summed E-state index contributed by atoms with van der Waals surface area (Å²) in [5.41, 5.74) is 15.1. The Balaban J connectivity index is 0.000000143. The Morgan fingerprint density at radius 2 is 0.714 bits per heavy atom. The third-order valence-corrected chi connectivity index (χ3v) is 18.3. The molecule has 1 N–H and O–H groups in total. The van der Waals surface area contributed by atoms with E-state index in [1.54, 1.807) is 0 Å². The summed E-state index contributed by atoms with van der Waals surface area (Å²) in [6, 6.07) is 99.7. The van der Waals surface area contributed by atoms with Crippen molar-refractivity contribution in [2.75, 3.05) is 9.80 Å². The molecule has 0 aliphatic carbocycles. The second kappa shape index (κ2) is 21.0. The minimum atomic E-state index is 0.000788. The number of aliphatic hydroxyl groups excluding tert-OH is 1. The van der Waals surface area contributed by atoms with Gasteiger partial charge < -0.3 is 24.0 Å². The number of benzene rings is 12. The molecule has 0 bridgehead atoms. The van der Waals surface area contributed by atoms with Gasteiger partial charge in [0.15, 0.2) is 0 Å². The van der Waals surface area contributed by atoms with E-state index in [0.29, 0.717) is 11.1 Å². The Kier molecular flexibility index (Phi) is 12.5. The number of thiophene rings is 2. The lowest BCUT2D eigenvalue weighted by atomic mass is 10.1. The Morgan fingerprint density at radius 3 is 1.17 bits per heavy atom. The molecule has 12 aromatic carbocycles. The zero-order valence-corrected chi connectivity index (χ0v) is 46.8. The highest BCUT2D eigenvalue weighted by Crippen LogP contribution is 2.48. The van der Waals surface area contributed by atoms with Gasteiger partial charge in [-0.05, 0) is 163 Å². The van der Waals surface area contributed by atoms with E-state index in [2.05, 4.69) is 243 Å². The molecule has 396 valence electrons. The van der Waals surface area contributed by atoms with Crippen LogP contribution in [0.4, 0.5) is 34.1 Å². The van der Waals surface area contributed by atoms with E-state index in [1.165, 1.54) is 51.1 Å². The van der Waals surface area contributed by atoms with Gasteiger partial charge in [0, 0.05) is 96.0 Å². The van der Waals surface area contributed by atoms with Gasteiger partial charge in [-0.1, -0.05) is 115 Å². The molecule has 0 spiro atoms. The summed E-state index contributed by atoms with van der Waals surface area (Å²) in [5.74, 6) is 0. The molecule has 0 atom stereocenters. The topological polar surface area (TPSA) is 84.1 Å². The zero-order chi connectivity index (χ0) is 56.3. The number of nitrogens with zero attached hydrogens (tertiary/aromatic N) is 6. The molecule has 0 aliphatic heterocycles. The van der Waals surface area contributed by atoms with Gasteiger partial charge in [0.1, 0.15) is 0 Å². The lowest BCUT2D eigenvalue weighted by Gasteiger charge is -2.27. The number of rotatable bonds is 9. The molecule has 4 aromatic heterocycles. The molecule has 16 aromatic rings. The van der Waals surface area contributed by atoms with Crippen LogP contribution in [0.1, 0.15) is 16.7 Å². The van der Waals surface area contributed by atoms with Crippen LogP contribution in [0, 0.1) is 22.7 Å². The van der Waals surface area contributed by atoms with Crippen LogP contribution in [0.25, 0.3) is 95.3 Å². The summed E-state index contributed by atoms with van der Waals surface area (Å²) in [6.07, 6.45) is 0. The van der Waals surface area contributed by atoms with E-state index in [4.69, 9.17) is 0 Å². The van der Waals surface area contributed by atoms with E-state index < -0.39 is 0 Å². The second-order valence-electron chi connectivity index (χ2n) is 20.8. The highest BCUT2D eigenvalue weighted by atomic mass is 32.1. The van der Waals surface area contributed by atoms with Crippen molar-refractivity contribution in [2.24, 2.45) is 0 Å². The van der Waals surface area contributed by atoms with Gasteiger partial charge >= 0.3 is 0 Å². The van der Waals surface area contributed by atoms with E-state index in [9.17, 15) is 15.6 Å². The van der Waals surface area contributed by atoms with Crippen molar-refractivity contribution in [2.45, 2.75) is 6.61 Å². The standard InChI is InChI=1S/C38H25N3OS.C37H23N3S/c39-23-25-12-16-28(17-13-25)41-33-8-3-1-7-31(33)38-34(9-5-10-35(38)41)40(27-18-14-26(24-42)15-19-27)29-20-21-37-32(22-29)30-6-2-4-11-36(30)43-37;38-24-25-17-19-27(20-18-25)40-32-13-6-4-12-30(32)37-33(14-8-15-34(37)40)39(26-9-2-1-3-10-26)28-21-22-36-31(23-28)29-11-5-7-16-35(29)41-36/h1-22,42H,24H2;1-23H. The summed E-state index contributed by atoms with van der Waals surface area (Å²) in [7, 11) is 0. The van der Waals surface area contributed by atoms with Crippen LogP contribution in [-0.4, -0.2) is 14.2 Å². The Hall–Kier alpha value is -10.8. The number of anilines is 6. The molecule has 0 radical (unpaired) electrons. The quantitative estimate of drug-likeness (QED) is 0.156. The molecule has 0 aliphatic rings. The summed E-state index contributed by atoms with van der Waals surface area (Å²) in [5, 5.41) is 38.2. The monoisotopic (exact) mass is 1110 g/mol. The zero-order valence-electron chi connectivity index (χ0n) is 45.1. The molecule has 7 nitrogen and oxygen atoms in total. The number of para-hydroxylation sites is 3. The van der Waals surface area contributed by atoms with Gasteiger partial charge in [-0.3, -0.25) is 0 Å². The molecule has 84 heavy (non-hydrogen) atoms. The fourth-order valence-electron chi connectivity index (χ4n) is 12.2. The molecule has 0 fully saturated rings. The third-order valence-electron chi connectivity index (χ3n) is 16.0. The van der Waals surface area contributed by atoms with Gasteiger partial charge in [-0.2, -0.15) is 10.5 Å². The molecule has 16 rings (SSSR count). The maximum Gasteiger partial charge on any atom is 0.0991 e. The van der Waals surface area contributed by atoms with Crippen LogP contribution in [0.2, 0.25) is 0 Å². The van der Waals surface area contributed by atoms with E-state index in [0.717, 1.165) is 83.9 Å². The predicted octanol–water partition coefficient (Wildman–Crippen LogP) is 20.5. The highest BCUT2D eigenvalue weighted by Gasteiger charge is 2.24. The Morgan fingerprint density at radius 1 is 0.333 bits per heavy atom. The molecular weight excluding hydrogens is 1060 g/mol. The summed E-state index contributed by atoms with van der Waals surface area (Å²) in [6.45, 7) is 0.000788. The smallest absolute Gasteiger partial charge is 0.0991 e. The predicted molar refractivity (Wildman–Crippen MR) is 352 cm³/mol. The first-order valence-electron chi connectivity index (χ1n) is 27.8. The average Bonchev–Trinajstić information content (AvgIpc) is 1.80. The first-order chi connectivity index (χ1) is 41.5. The summed E-state index contributed by atoms with van der Waals surface area (Å²) < 4.78 is 9.71. The summed E-state index contributed by atoms with van der Waals surface area (Å²) in [4.78, 5) is 4.70. The minimum Gasteiger partial charge on any atom is -0.392 e. The minimum absolute atomic E-state index is 0.000788. The Labute approximate surface area is 492 Å². The van der Waals surface area contributed by atoms with E-state index >= 15 is 0 Å². The van der Waals surface area contributed by atoms with Gasteiger partial charge in [0.2, 0.25) is 0 Å². The van der Waals surface area contributed by atoms with Crippen LogP contribution in [0.15, 0.2) is 273 Å². The molecular formula is C75H48N6OS2. The molecule has 9 heteroatoms. The SMILES string of the molecule is N#Cc1ccc(-n2c3ccccc3c3c(N(c4ccc(CO)cc4)c4ccc5sc6ccccc6c5c4)cccc32)cc1.N#Cc1ccc(-n2c3ccccc3c3c(N(c4ccccc4)c4ccc5sc6ccccc6c5c4)cccc32)cc1. The van der Waals surface area contributed by atoms with Crippen molar-refractivity contribution in [1.29, 1.82) is 10.5 Å². The van der Waals surface area contributed by atoms with Crippen LogP contribution in [0.3, 0.4) is 0 Å². The number of nitriles is 2. The van der Waals surface area contributed by atoms with Crippen molar-refractivity contribution >= 4 is 141 Å². The van der Waals surface area contributed by atoms with Crippen molar-refractivity contribution in [3.63, 3.8) is 0 Å². The largest absolute Gasteiger partial charge is 0.392 e. The normalized spacial score (nSPS) is 11.4. The number of fused-ring (bicyclic) bond motifs is 12. The number of hydrogen-bond acceptors (Lipinski definition) is 7. The van der Waals surface area contributed by atoms with E-state index in [-0.39, 0.29) is 6.61 Å². The van der Waals surface area contributed by atoms with Crippen molar-refractivity contribution in [3.05, 3.63) is 290 Å². The Bertz CT molecular complexity index is 5280. The molecule has 0 amide bonds. The number of hydrogen-bond donors (Lipinski definition) is 1. The fourth-order valence-corrected chi connectivity index (χ4v) is 14.4. The lowest BCUT2D eigenvalue weighted by Crippen LogP contribution is -2.10. The highest BCUT2D eigenvalue weighted by molar-refractivity contribution is 7.26. The average molecular weight is 1110 g/mol. The van der Waals surface area contributed by atoms with Gasteiger partial charge in [0.05, 0.1) is 63.3 Å².